The van der Waals surface area contributed by atoms with Crippen molar-refractivity contribution in [2.45, 2.75) is 122 Å². The second kappa shape index (κ2) is 10.7. The number of piperazine rings is 1. The highest BCUT2D eigenvalue weighted by molar-refractivity contribution is 5.83. The van der Waals surface area contributed by atoms with Crippen molar-refractivity contribution in [2.24, 2.45) is 11.3 Å². The zero-order valence-electron chi connectivity index (χ0n) is 23.5. The molecule has 1 saturated carbocycles. The largest absolute Gasteiger partial charge is 0.332 e. The molecule has 1 aromatic rings. The van der Waals surface area contributed by atoms with Crippen LogP contribution in [0.1, 0.15) is 104 Å². The van der Waals surface area contributed by atoms with Gasteiger partial charge in [-0.05, 0) is 95.7 Å². The molecule has 200 valence electrons. The van der Waals surface area contributed by atoms with Gasteiger partial charge in [-0.1, -0.05) is 20.8 Å². The van der Waals surface area contributed by atoms with Crippen LogP contribution in [0.15, 0.2) is 12.4 Å². The Hall–Kier alpha value is -1.53. The molecule has 3 aliphatic heterocycles. The van der Waals surface area contributed by atoms with E-state index in [1.807, 2.05) is 0 Å². The third kappa shape index (κ3) is 5.65. The standard InChI is InChI=1S/C30H49N5O/c1-21(2)34-19-26-10-11-27(20-34)35(26)29-31-17-24(18-32-29)23-12-14-33(15-13-23)25-8-6-22(7-9-25)16-28(36)30(3,4)5/h17-18,21-23,25-27H,6-16,19-20H2,1-5H3. The molecule has 4 aliphatic rings. The summed E-state index contributed by atoms with van der Waals surface area (Å²) in [4.78, 5) is 30.1. The van der Waals surface area contributed by atoms with Crippen LogP contribution in [0.4, 0.5) is 5.95 Å². The first kappa shape index (κ1) is 26.1. The molecule has 6 heteroatoms. The third-order valence-corrected chi connectivity index (χ3v) is 9.77. The minimum atomic E-state index is -0.191. The molecule has 0 aromatic carbocycles. The Morgan fingerprint density at radius 2 is 1.44 bits per heavy atom. The first-order chi connectivity index (χ1) is 17.2. The highest BCUT2D eigenvalue weighted by atomic mass is 16.1. The predicted octanol–water partition coefficient (Wildman–Crippen LogP) is 5.28. The summed E-state index contributed by atoms with van der Waals surface area (Å²) >= 11 is 0. The molecule has 3 saturated heterocycles. The number of nitrogens with zero attached hydrogens (tertiary/aromatic N) is 5. The van der Waals surface area contributed by atoms with Gasteiger partial charge in [0.1, 0.15) is 5.78 Å². The molecule has 2 atom stereocenters. The number of anilines is 1. The quantitative estimate of drug-likeness (QED) is 0.535. The van der Waals surface area contributed by atoms with Gasteiger partial charge in [0.05, 0.1) is 0 Å². The van der Waals surface area contributed by atoms with E-state index in [0.717, 1.165) is 25.5 Å². The number of carbonyl (C=O) groups excluding carboxylic acids is 1. The van der Waals surface area contributed by atoms with Crippen molar-refractivity contribution >= 4 is 11.7 Å². The first-order valence-electron chi connectivity index (χ1n) is 14.8. The van der Waals surface area contributed by atoms with E-state index in [-0.39, 0.29) is 5.41 Å². The topological polar surface area (TPSA) is 52.6 Å². The molecule has 1 aliphatic carbocycles. The molecule has 0 spiro atoms. The minimum Gasteiger partial charge on any atom is -0.332 e. The number of fused-ring (bicyclic) bond motifs is 2. The first-order valence-corrected chi connectivity index (χ1v) is 14.8. The van der Waals surface area contributed by atoms with E-state index in [9.17, 15) is 4.79 Å². The monoisotopic (exact) mass is 495 g/mol. The lowest BCUT2D eigenvalue weighted by Crippen LogP contribution is -2.56. The maximum absolute atomic E-state index is 12.4. The normalized spacial score (nSPS) is 30.8. The fourth-order valence-electron chi connectivity index (χ4n) is 7.24. The number of likely N-dealkylation sites (tertiary alicyclic amines) is 2. The second-order valence-corrected chi connectivity index (χ2v) is 13.5. The molecular weight excluding hydrogens is 446 g/mol. The van der Waals surface area contributed by atoms with Crippen LogP contribution >= 0.6 is 0 Å². The van der Waals surface area contributed by atoms with E-state index in [1.54, 1.807) is 0 Å². The zero-order chi connectivity index (χ0) is 25.4. The van der Waals surface area contributed by atoms with Crippen molar-refractivity contribution in [1.29, 1.82) is 0 Å². The molecule has 0 amide bonds. The number of rotatable bonds is 6. The van der Waals surface area contributed by atoms with Gasteiger partial charge in [0.25, 0.3) is 0 Å². The van der Waals surface area contributed by atoms with E-state index < -0.39 is 0 Å². The summed E-state index contributed by atoms with van der Waals surface area (Å²) in [5.41, 5.74) is 1.14. The average Bonchev–Trinajstić information content (AvgIpc) is 3.12. The fourth-order valence-corrected chi connectivity index (χ4v) is 7.24. The fraction of sp³-hybridized carbons (Fsp3) is 0.833. The van der Waals surface area contributed by atoms with Gasteiger partial charge >= 0.3 is 0 Å². The summed E-state index contributed by atoms with van der Waals surface area (Å²) in [5, 5.41) is 0. The van der Waals surface area contributed by atoms with Crippen molar-refractivity contribution in [1.82, 2.24) is 19.8 Å². The van der Waals surface area contributed by atoms with E-state index in [1.165, 1.54) is 70.0 Å². The summed E-state index contributed by atoms with van der Waals surface area (Å²) in [6.07, 6.45) is 15.0. The van der Waals surface area contributed by atoms with E-state index in [4.69, 9.17) is 9.97 Å². The lowest BCUT2D eigenvalue weighted by atomic mass is 9.77. The molecule has 6 nitrogen and oxygen atoms in total. The van der Waals surface area contributed by atoms with Crippen molar-refractivity contribution in [3.8, 4) is 0 Å². The number of ketones is 1. The molecular formula is C30H49N5O. The Kier molecular flexibility index (Phi) is 7.74. The van der Waals surface area contributed by atoms with Crippen LogP contribution in [0.3, 0.4) is 0 Å². The van der Waals surface area contributed by atoms with E-state index in [2.05, 4.69) is 61.7 Å². The van der Waals surface area contributed by atoms with Crippen LogP contribution in [0.25, 0.3) is 0 Å². The Labute approximate surface area is 219 Å². The van der Waals surface area contributed by atoms with E-state index >= 15 is 0 Å². The number of carbonyl (C=O) groups is 1. The summed E-state index contributed by atoms with van der Waals surface area (Å²) < 4.78 is 0. The van der Waals surface area contributed by atoms with Gasteiger partial charge in [-0.3, -0.25) is 9.69 Å². The van der Waals surface area contributed by atoms with Crippen molar-refractivity contribution < 1.29 is 4.79 Å². The summed E-state index contributed by atoms with van der Waals surface area (Å²) in [7, 11) is 0. The van der Waals surface area contributed by atoms with Gasteiger partial charge in [-0.2, -0.15) is 0 Å². The molecule has 2 unspecified atom stereocenters. The van der Waals surface area contributed by atoms with Crippen LogP contribution in [-0.2, 0) is 4.79 Å². The smallest absolute Gasteiger partial charge is 0.225 e. The van der Waals surface area contributed by atoms with Crippen LogP contribution in [0.2, 0.25) is 0 Å². The Balaban J connectivity index is 1.09. The zero-order valence-corrected chi connectivity index (χ0v) is 23.5. The van der Waals surface area contributed by atoms with Gasteiger partial charge in [0.2, 0.25) is 5.95 Å². The number of aromatic nitrogens is 2. The second-order valence-electron chi connectivity index (χ2n) is 13.5. The lowest BCUT2D eigenvalue weighted by molar-refractivity contribution is -0.127. The SMILES string of the molecule is CC(C)N1CC2CCC(C1)N2c1ncc(C2CCN(C3CCC(CC(=O)C(C)(C)C)CC3)CC2)cn1. The van der Waals surface area contributed by atoms with Crippen LogP contribution in [0, 0.1) is 11.3 Å². The van der Waals surface area contributed by atoms with Gasteiger partial charge < -0.3 is 9.80 Å². The molecule has 36 heavy (non-hydrogen) atoms. The minimum absolute atomic E-state index is 0.191. The summed E-state index contributed by atoms with van der Waals surface area (Å²) in [6.45, 7) is 15.5. The van der Waals surface area contributed by atoms with Crippen molar-refractivity contribution in [3.63, 3.8) is 0 Å². The Bertz CT molecular complexity index is 864. The number of piperidine rings is 1. The van der Waals surface area contributed by atoms with Crippen molar-refractivity contribution in [2.75, 3.05) is 31.1 Å². The van der Waals surface area contributed by atoms with Crippen LogP contribution in [0.5, 0.6) is 0 Å². The lowest BCUT2D eigenvalue weighted by Gasteiger charge is -2.43. The summed E-state index contributed by atoms with van der Waals surface area (Å²) in [5.74, 6) is 2.58. The van der Waals surface area contributed by atoms with Gasteiger partial charge in [0.15, 0.2) is 0 Å². The molecule has 4 fully saturated rings. The van der Waals surface area contributed by atoms with Gasteiger partial charge in [-0.25, -0.2) is 9.97 Å². The molecule has 0 N–H and O–H groups in total. The molecule has 5 rings (SSSR count). The average molecular weight is 496 g/mol. The highest BCUT2D eigenvalue weighted by Crippen LogP contribution is 2.37. The molecule has 1 aromatic heterocycles. The number of Topliss-reactive ketones (excluding diaryl/α,β-unsaturated/α-hetero) is 1. The molecule has 2 bridgehead atoms. The van der Waals surface area contributed by atoms with Gasteiger partial charge in [0, 0.05) is 61.5 Å². The van der Waals surface area contributed by atoms with E-state index in [0.29, 0.717) is 41.8 Å². The Morgan fingerprint density at radius 3 is 1.97 bits per heavy atom. The van der Waals surface area contributed by atoms with Crippen LogP contribution in [-0.4, -0.2) is 75.9 Å². The maximum Gasteiger partial charge on any atom is 0.225 e. The predicted molar refractivity (Wildman–Crippen MR) is 146 cm³/mol. The van der Waals surface area contributed by atoms with Crippen molar-refractivity contribution in [3.05, 3.63) is 18.0 Å². The molecule has 0 radical (unpaired) electrons. The maximum atomic E-state index is 12.4. The number of hydrogen-bond donors (Lipinski definition) is 0. The number of hydrogen-bond acceptors (Lipinski definition) is 6. The van der Waals surface area contributed by atoms with Gasteiger partial charge in [-0.15, -0.1) is 0 Å². The highest BCUT2D eigenvalue weighted by Gasteiger charge is 2.42. The molecule has 4 heterocycles. The summed E-state index contributed by atoms with van der Waals surface area (Å²) in [6, 6.07) is 2.48. The van der Waals surface area contributed by atoms with Crippen LogP contribution < -0.4 is 4.90 Å². The Morgan fingerprint density at radius 1 is 0.889 bits per heavy atom. The third-order valence-electron chi connectivity index (χ3n) is 9.77.